The molecule has 2 heterocycles. The van der Waals surface area contributed by atoms with Gasteiger partial charge in [-0.25, -0.2) is 23.2 Å². The molecule has 1 aliphatic heterocycles. The molecule has 0 saturated heterocycles. The first-order valence-electron chi connectivity index (χ1n) is 6.41. The van der Waals surface area contributed by atoms with Gasteiger partial charge < -0.3 is 4.74 Å². The van der Waals surface area contributed by atoms with Gasteiger partial charge in [-0.05, 0) is 36.0 Å². The van der Waals surface area contributed by atoms with Gasteiger partial charge in [0.25, 0.3) is 0 Å². The fourth-order valence-electron chi connectivity index (χ4n) is 2.17. The van der Waals surface area contributed by atoms with Crippen LogP contribution >= 0.6 is 11.8 Å². The van der Waals surface area contributed by atoms with E-state index in [-0.39, 0.29) is 5.75 Å². The minimum atomic E-state index is -4.75. The Morgan fingerprint density at radius 2 is 1.92 bits per heavy atom. The molecule has 2 aromatic rings. The summed E-state index contributed by atoms with van der Waals surface area (Å²) < 4.78 is 63.8. The molecule has 1 aromatic heterocycles. The summed E-state index contributed by atoms with van der Waals surface area (Å²) in [5.74, 6) is -0.334. The van der Waals surface area contributed by atoms with E-state index in [4.69, 9.17) is 5.14 Å². The van der Waals surface area contributed by atoms with Crippen molar-refractivity contribution >= 4 is 21.8 Å². The highest BCUT2D eigenvalue weighted by atomic mass is 32.3. The number of halogens is 3. The van der Waals surface area contributed by atoms with Crippen LogP contribution in [-0.2, 0) is 10.0 Å². The SMILES string of the molecule is CN1C(S(N)(=O)=O)Sc2nc(-c3ccc(OC(F)(F)F)cc3)cn21. The molecule has 0 bridgehead atoms. The lowest BCUT2D eigenvalue weighted by molar-refractivity contribution is -0.274. The highest BCUT2D eigenvalue weighted by Gasteiger charge is 2.37. The van der Waals surface area contributed by atoms with E-state index < -0.39 is 21.1 Å². The van der Waals surface area contributed by atoms with E-state index in [1.807, 2.05) is 0 Å². The fraction of sp³-hybridized carbons (Fsp3) is 0.250. The van der Waals surface area contributed by atoms with Gasteiger partial charge in [0.1, 0.15) is 5.75 Å². The van der Waals surface area contributed by atoms with Crippen molar-refractivity contribution in [2.45, 2.75) is 16.2 Å². The van der Waals surface area contributed by atoms with Crippen LogP contribution in [0.2, 0.25) is 0 Å². The lowest BCUT2D eigenvalue weighted by Crippen LogP contribution is -2.41. The number of sulfonamides is 1. The zero-order valence-corrected chi connectivity index (χ0v) is 13.7. The lowest BCUT2D eigenvalue weighted by Gasteiger charge is -2.19. The van der Waals surface area contributed by atoms with E-state index in [9.17, 15) is 21.6 Å². The van der Waals surface area contributed by atoms with Crippen LogP contribution in [0.15, 0.2) is 35.6 Å². The molecule has 24 heavy (non-hydrogen) atoms. The smallest absolute Gasteiger partial charge is 0.406 e. The second kappa shape index (κ2) is 5.57. The first kappa shape index (κ1) is 16.9. The van der Waals surface area contributed by atoms with Crippen molar-refractivity contribution in [3.63, 3.8) is 0 Å². The van der Waals surface area contributed by atoms with Gasteiger partial charge >= 0.3 is 6.36 Å². The molecular weight excluding hydrogens is 369 g/mol. The van der Waals surface area contributed by atoms with Gasteiger partial charge in [0.15, 0.2) is 5.16 Å². The predicted molar refractivity (Wildman–Crippen MR) is 81.2 cm³/mol. The van der Waals surface area contributed by atoms with Crippen molar-refractivity contribution in [2.75, 3.05) is 12.1 Å². The normalized spacial score (nSPS) is 17.9. The number of benzene rings is 1. The Labute approximate surface area is 139 Å². The number of primary sulfonamides is 1. The Morgan fingerprint density at radius 3 is 2.42 bits per heavy atom. The van der Waals surface area contributed by atoms with E-state index in [0.717, 1.165) is 11.8 Å². The van der Waals surface area contributed by atoms with Gasteiger partial charge in [-0.2, -0.15) is 0 Å². The number of hydrogen-bond donors (Lipinski definition) is 1. The van der Waals surface area contributed by atoms with Crippen molar-refractivity contribution in [3.8, 4) is 17.0 Å². The molecule has 1 unspecified atom stereocenters. The number of alkyl halides is 3. The number of imidazole rings is 1. The summed E-state index contributed by atoms with van der Waals surface area (Å²) in [5, 5.41) is 6.98. The molecule has 0 spiro atoms. The number of aromatic nitrogens is 2. The molecule has 0 radical (unpaired) electrons. The number of fused-ring (bicyclic) bond motifs is 1. The number of hydrogen-bond acceptors (Lipinski definition) is 6. The third kappa shape index (κ3) is 3.30. The van der Waals surface area contributed by atoms with Crippen LogP contribution < -0.4 is 14.9 Å². The maximum atomic E-state index is 12.1. The molecule has 1 aliphatic rings. The van der Waals surface area contributed by atoms with Crippen molar-refractivity contribution in [1.82, 2.24) is 9.66 Å². The molecule has 1 atom stereocenters. The lowest BCUT2D eigenvalue weighted by atomic mass is 10.2. The quantitative estimate of drug-likeness (QED) is 0.872. The van der Waals surface area contributed by atoms with Gasteiger partial charge in [-0.15, -0.1) is 13.2 Å². The maximum Gasteiger partial charge on any atom is 0.573 e. The van der Waals surface area contributed by atoms with E-state index >= 15 is 0 Å². The Balaban J connectivity index is 1.83. The molecule has 3 rings (SSSR count). The molecule has 0 aliphatic carbocycles. The van der Waals surface area contributed by atoms with E-state index in [2.05, 4.69) is 9.72 Å². The zero-order chi connectivity index (χ0) is 17.7. The van der Waals surface area contributed by atoms with Crippen molar-refractivity contribution in [3.05, 3.63) is 30.5 Å². The summed E-state index contributed by atoms with van der Waals surface area (Å²) in [6.45, 7) is 0. The summed E-state index contributed by atoms with van der Waals surface area (Å²) in [5.41, 5.74) is 1.04. The summed E-state index contributed by atoms with van der Waals surface area (Å²) in [7, 11) is -2.24. The maximum absolute atomic E-state index is 12.1. The molecule has 0 amide bonds. The summed E-state index contributed by atoms with van der Waals surface area (Å²) in [6.07, 6.45) is -3.17. The summed E-state index contributed by atoms with van der Waals surface area (Å²) >= 11 is 0.969. The fourth-order valence-corrected chi connectivity index (χ4v) is 4.37. The Hall–Kier alpha value is -1.92. The number of nitrogens with two attached hydrogens (primary N) is 1. The average Bonchev–Trinajstić information content (AvgIpc) is 2.97. The summed E-state index contributed by atoms with van der Waals surface area (Å²) in [4.78, 5) is 4.28. The first-order valence-corrected chi connectivity index (χ1v) is 8.90. The Morgan fingerprint density at radius 1 is 1.29 bits per heavy atom. The first-order chi connectivity index (χ1) is 11.0. The van der Waals surface area contributed by atoms with Crippen molar-refractivity contribution in [1.29, 1.82) is 0 Å². The van der Waals surface area contributed by atoms with Crippen LogP contribution in [0.4, 0.5) is 13.2 Å². The van der Waals surface area contributed by atoms with Crippen molar-refractivity contribution < 1.29 is 26.3 Å². The highest BCUT2D eigenvalue weighted by Crippen LogP contribution is 2.36. The van der Waals surface area contributed by atoms with E-state index in [1.54, 1.807) is 13.2 Å². The monoisotopic (exact) mass is 380 g/mol. The molecule has 0 fully saturated rings. The van der Waals surface area contributed by atoms with Gasteiger partial charge in [-0.3, -0.25) is 5.01 Å². The van der Waals surface area contributed by atoms with Crippen LogP contribution in [0.1, 0.15) is 0 Å². The van der Waals surface area contributed by atoms with Crippen LogP contribution in [0, 0.1) is 0 Å². The zero-order valence-electron chi connectivity index (χ0n) is 12.1. The number of thioether (sulfide) groups is 1. The van der Waals surface area contributed by atoms with E-state index in [0.29, 0.717) is 16.4 Å². The minimum Gasteiger partial charge on any atom is -0.406 e. The highest BCUT2D eigenvalue weighted by molar-refractivity contribution is 8.13. The van der Waals surface area contributed by atoms with Crippen LogP contribution in [0.5, 0.6) is 5.75 Å². The largest absolute Gasteiger partial charge is 0.573 e. The van der Waals surface area contributed by atoms with Crippen molar-refractivity contribution in [2.24, 2.45) is 5.14 Å². The number of nitrogens with zero attached hydrogens (tertiary/aromatic N) is 3. The molecule has 7 nitrogen and oxygen atoms in total. The molecule has 130 valence electrons. The second-order valence-electron chi connectivity index (χ2n) is 4.91. The molecule has 12 heteroatoms. The predicted octanol–water partition coefficient (Wildman–Crippen LogP) is 1.69. The standard InChI is InChI=1S/C12H11F3N4O3S2/c1-18-11(24(16,20)21)23-10-17-9(6-19(10)18)7-2-4-8(5-3-7)22-12(13,14)15/h2-6,11H,1H3,(H2,16,20,21). The Kier molecular flexibility index (Phi) is 3.92. The molecule has 1 aromatic carbocycles. The van der Waals surface area contributed by atoms with Crippen LogP contribution in [0.25, 0.3) is 11.3 Å². The van der Waals surface area contributed by atoms with Gasteiger partial charge in [0.05, 0.1) is 11.9 Å². The third-order valence-electron chi connectivity index (χ3n) is 3.17. The number of ether oxygens (including phenoxy) is 1. The van der Waals surface area contributed by atoms with E-state index in [1.165, 1.54) is 34.0 Å². The average molecular weight is 380 g/mol. The molecule has 0 saturated carbocycles. The molecular formula is C12H11F3N4O3S2. The van der Waals surface area contributed by atoms with Crippen LogP contribution in [-0.4, -0.2) is 36.2 Å². The Bertz CT molecular complexity index is 865. The second-order valence-corrected chi connectivity index (χ2v) is 7.88. The summed E-state index contributed by atoms with van der Waals surface area (Å²) in [6, 6.07) is 5.22. The third-order valence-corrected chi connectivity index (χ3v) is 6.13. The van der Waals surface area contributed by atoms with Crippen LogP contribution in [0.3, 0.4) is 0 Å². The molecule has 2 N–H and O–H groups in total. The number of rotatable bonds is 3. The van der Waals surface area contributed by atoms with Gasteiger partial charge in [-0.1, -0.05) is 0 Å². The van der Waals surface area contributed by atoms with Gasteiger partial charge in [0, 0.05) is 12.6 Å². The van der Waals surface area contributed by atoms with Gasteiger partial charge in [0.2, 0.25) is 14.7 Å². The topological polar surface area (TPSA) is 90.4 Å². The minimum absolute atomic E-state index is 0.334.